The third-order valence-corrected chi connectivity index (χ3v) is 8.65. The Bertz CT molecular complexity index is 1510. The molecule has 2 atom stereocenters. The Hall–Kier alpha value is -5.13. The normalized spacial score (nSPS) is 18.3. The summed E-state index contributed by atoms with van der Waals surface area (Å²) in [6, 6.07) is 7.49. The molecule has 47 heavy (non-hydrogen) atoms. The van der Waals surface area contributed by atoms with Gasteiger partial charge >= 0.3 is 0 Å². The monoisotopic (exact) mass is 666 g/mol. The van der Waals surface area contributed by atoms with Crippen LogP contribution in [0.4, 0.5) is 11.4 Å². The fourth-order valence-electron chi connectivity index (χ4n) is 5.00. The van der Waals surface area contributed by atoms with E-state index in [4.69, 9.17) is 0 Å². The van der Waals surface area contributed by atoms with E-state index in [1.54, 1.807) is 12.1 Å². The van der Waals surface area contributed by atoms with E-state index in [-0.39, 0.29) is 57.9 Å². The third-order valence-electron chi connectivity index (χ3n) is 7.52. The first kappa shape index (κ1) is 34.7. The molecular weight excluding hydrogens is 632 g/mol. The first-order valence-corrected chi connectivity index (χ1v) is 15.4. The van der Waals surface area contributed by atoms with E-state index in [0.717, 1.165) is 11.8 Å². The molecule has 17 heteroatoms. The second-order valence-corrected chi connectivity index (χ2v) is 11.6. The van der Waals surface area contributed by atoms with Crippen LogP contribution in [0.5, 0.6) is 0 Å². The van der Waals surface area contributed by atoms with Gasteiger partial charge in [-0.05, 0) is 35.4 Å². The van der Waals surface area contributed by atoms with E-state index in [1.807, 2.05) is 0 Å². The van der Waals surface area contributed by atoms with Crippen molar-refractivity contribution in [2.24, 2.45) is 0 Å². The molecule has 248 valence electrons. The van der Waals surface area contributed by atoms with Crippen LogP contribution in [0.2, 0.25) is 0 Å². The standard InChI is InChI=1S/C30H34N8O8S/c1-31-29(41)21-17-35(13-11-33-21)27(39)9-5-19-3-7-25(23(15-19)37(43)44)47-26-8-4-20(16-24(26)38(45)46)6-10-28(40)36-14-12-34-22(18-36)30(42)32-2/h3-10,15-16,21-22,33-34H,11-14,17-18H2,1-2H3,(H,31,41)(H,32,42)/b9-5+,10-6+. The number of carbonyl (C=O) groups is 4. The number of nitrogens with zero attached hydrogens (tertiary/aromatic N) is 4. The van der Waals surface area contributed by atoms with Gasteiger partial charge in [0.25, 0.3) is 11.4 Å². The van der Waals surface area contributed by atoms with Crippen molar-refractivity contribution >= 4 is 58.9 Å². The highest BCUT2D eigenvalue weighted by Crippen LogP contribution is 2.40. The third kappa shape index (κ3) is 8.99. The smallest absolute Gasteiger partial charge is 0.283 e. The van der Waals surface area contributed by atoms with Crippen molar-refractivity contribution in [2.45, 2.75) is 21.9 Å². The van der Waals surface area contributed by atoms with E-state index in [1.165, 1.54) is 72.5 Å². The number of nitro benzene ring substituents is 2. The molecule has 0 saturated carbocycles. The van der Waals surface area contributed by atoms with Gasteiger partial charge in [-0.2, -0.15) is 0 Å². The lowest BCUT2D eigenvalue weighted by atomic mass is 10.1. The van der Waals surface area contributed by atoms with E-state index < -0.39 is 21.9 Å². The van der Waals surface area contributed by atoms with Gasteiger partial charge in [0.1, 0.15) is 12.1 Å². The molecule has 4 N–H and O–H groups in total. The van der Waals surface area contributed by atoms with Crippen LogP contribution in [0.3, 0.4) is 0 Å². The summed E-state index contributed by atoms with van der Waals surface area (Å²) < 4.78 is 0. The lowest BCUT2D eigenvalue weighted by Crippen LogP contribution is -2.57. The molecule has 2 saturated heterocycles. The van der Waals surface area contributed by atoms with Crippen molar-refractivity contribution in [1.29, 1.82) is 0 Å². The molecule has 0 aliphatic carbocycles. The molecule has 2 heterocycles. The molecule has 0 aromatic heterocycles. The van der Waals surface area contributed by atoms with Gasteiger partial charge in [0.05, 0.1) is 19.6 Å². The molecule has 2 fully saturated rings. The van der Waals surface area contributed by atoms with Crippen molar-refractivity contribution in [1.82, 2.24) is 31.1 Å². The zero-order valence-electron chi connectivity index (χ0n) is 25.6. The molecule has 0 bridgehead atoms. The Morgan fingerprint density at radius 2 is 1.17 bits per heavy atom. The summed E-state index contributed by atoms with van der Waals surface area (Å²) in [6.07, 6.45) is 5.43. The van der Waals surface area contributed by atoms with Gasteiger partial charge in [0.15, 0.2) is 0 Å². The van der Waals surface area contributed by atoms with Crippen LogP contribution in [0.1, 0.15) is 11.1 Å². The van der Waals surface area contributed by atoms with Crippen LogP contribution in [0.15, 0.2) is 58.3 Å². The average molecular weight is 667 g/mol. The van der Waals surface area contributed by atoms with Crippen molar-refractivity contribution in [3.05, 3.63) is 79.9 Å². The zero-order valence-corrected chi connectivity index (χ0v) is 26.5. The van der Waals surface area contributed by atoms with Crippen LogP contribution in [-0.2, 0) is 19.2 Å². The van der Waals surface area contributed by atoms with E-state index in [0.29, 0.717) is 37.3 Å². The topological polar surface area (TPSA) is 209 Å². The van der Waals surface area contributed by atoms with Crippen molar-refractivity contribution in [3.8, 4) is 0 Å². The highest BCUT2D eigenvalue weighted by molar-refractivity contribution is 7.99. The number of hydrogen-bond acceptors (Lipinski definition) is 11. The molecule has 0 spiro atoms. The van der Waals surface area contributed by atoms with Crippen molar-refractivity contribution in [2.75, 3.05) is 53.4 Å². The lowest BCUT2D eigenvalue weighted by Gasteiger charge is -2.32. The maximum atomic E-state index is 12.7. The van der Waals surface area contributed by atoms with E-state index in [2.05, 4.69) is 21.3 Å². The number of carbonyl (C=O) groups excluding carboxylic acids is 4. The summed E-state index contributed by atoms with van der Waals surface area (Å²) >= 11 is 0.848. The summed E-state index contributed by atoms with van der Waals surface area (Å²) in [5.41, 5.74) is 0.138. The Morgan fingerprint density at radius 3 is 1.53 bits per heavy atom. The number of likely N-dealkylation sites (N-methyl/N-ethyl adjacent to an activating group) is 2. The largest absolute Gasteiger partial charge is 0.358 e. The molecule has 4 rings (SSSR count). The van der Waals surface area contributed by atoms with Crippen molar-refractivity contribution < 1.29 is 29.0 Å². The molecule has 2 aliphatic rings. The van der Waals surface area contributed by atoms with Gasteiger partial charge in [0, 0.05) is 77.6 Å². The molecule has 16 nitrogen and oxygen atoms in total. The Balaban J connectivity index is 1.47. The minimum absolute atomic E-state index is 0.153. The van der Waals surface area contributed by atoms with Crippen LogP contribution < -0.4 is 21.3 Å². The minimum atomic E-state index is -0.606. The zero-order chi connectivity index (χ0) is 34.1. The highest BCUT2D eigenvalue weighted by atomic mass is 32.2. The first-order chi connectivity index (χ1) is 22.5. The summed E-state index contributed by atoms with van der Waals surface area (Å²) in [4.78, 5) is 75.3. The summed E-state index contributed by atoms with van der Waals surface area (Å²) in [7, 11) is 3.02. The van der Waals surface area contributed by atoms with Gasteiger partial charge in [-0.25, -0.2) is 0 Å². The molecule has 2 aromatic rings. The van der Waals surface area contributed by atoms with Crippen LogP contribution in [-0.4, -0.2) is 109 Å². The predicted octanol–water partition coefficient (Wildman–Crippen LogP) is 0.773. The molecule has 2 aliphatic heterocycles. The number of rotatable bonds is 10. The van der Waals surface area contributed by atoms with Gasteiger partial charge in [-0.15, -0.1) is 0 Å². The fourth-order valence-corrected chi connectivity index (χ4v) is 5.98. The highest BCUT2D eigenvalue weighted by Gasteiger charge is 2.28. The average Bonchev–Trinajstić information content (AvgIpc) is 3.09. The number of benzene rings is 2. The minimum Gasteiger partial charge on any atom is -0.358 e. The van der Waals surface area contributed by atoms with Gasteiger partial charge in [-0.3, -0.25) is 39.4 Å². The summed E-state index contributed by atoms with van der Waals surface area (Å²) in [5.74, 6) is -1.18. The molecule has 2 unspecified atom stereocenters. The predicted molar refractivity (Wildman–Crippen MR) is 173 cm³/mol. The van der Waals surface area contributed by atoms with Crippen LogP contribution in [0.25, 0.3) is 12.2 Å². The van der Waals surface area contributed by atoms with Crippen LogP contribution in [0, 0.1) is 20.2 Å². The molecule has 2 aromatic carbocycles. The van der Waals surface area contributed by atoms with Gasteiger partial charge < -0.3 is 31.1 Å². The second-order valence-electron chi connectivity index (χ2n) is 10.5. The van der Waals surface area contributed by atoms with Gasteiger partial charge in [0.2, 0.25) is 23.6 Å². The Kier molecular flexibility index (Phi) is 11.8. The number of nitrogens with one attached hydrogen (secondary N) is 4. The number of hydrogen-bond donors (Lipinski definition) is 4. The maximum absolute atomic E-state index is 12.7. The van der Waals surface area contributed by atoms with Gasteiger partial charge in [-0.1, -0.05) is 23.9 Å². The van der Waals surface area contributed by atoms with Crippen LogP contribution >= 0.6 is 11.8 Å². The summed E-state index contributed by atoms with van der Waals surface area (Å²) in [5, 5.41) is 35.1. The van der Waals surface area contributed by atoms with E-state index in [9.17, 15) is 39.4 Å². The molecule has 0 radical (unpaired) electrons. The number of piperazine rings is 2. The molecular formula is C30H34N8O8S. The summed E-state index contributed by atoms with van der Waals surface area (Å²) in [6.45, 7) is 2.02. The SMILES string of the molecule is CNC(=O)C1CN(C(=O)/C=C/c2ccc(Sc3ccc(/C=C/C(=O)N4CCNC(C(=O)NC)C4)cc3[N+](=O)[O-])c([N+](=O)[O-])c2)CCN1. The molecule has 4 amide bonds. The number of nitro groups is 2. The Morgan fingerprint density at radius 1 is 0.766 bits per heavy atom. The quantitative estimate of drug-likeness (QED) is 0.158. The lowest BCUT2D eigenvalue weighted by molar-refractivity contribution is -0.388. The first-order valence-electron chi connectivity index (χ1n) is 14.6. The second kappa shape index (κ2) is 15.9. The maximum Gasteiger partial charge on any atom is 0.283 e. The Labute approximate surface area is 273 Å². The van der Waals surface area contributed by atoms with E-state index >= 15 is 0 Å². The fraction of sp³-hybridized carbons (Fsp3) is 0.333. The number of amides is 4. The van der Waals surface area contributed by atoms with Crippen molar-refractivity contribution in [3.63, 3.8) is 0 Å².